The highest BCUT2D eigenvalue weighted by Crippen LogP contribution is 2.20. The number of hydrogen-bond acceptors (Lipinski definition) is 3. The SMILES string of the molecule is Cc1ccc(NC(=O)[C@H](C)NS(=O)(=O)c2ccc3ccccc3c2)c(C)c1. The van der Waals surface area contributed by atoms with Crippen molar-refractivity contribution in [2.75, 3.05) is 5.32 Å². The summed E-state index contributed by atoms with van der Waals surface area (Å²) in [6, 6.07) is 17.2. The molecule has 0 bridgehead atoms. The number of benzene rings is 3. The van der Waals surface area contributed by atoms with E-state index in [1.54, 1.807) is 18.2 Å². The number of sulfonamides is 1. The largest absolute Gasteiger partial charge is 0.324 e. The second kappa shape index (κ2) is 7.50. The average molecular weight is 382 g/mol. The summed E-state index contributed by atoms with van der Waals surface area (Å²) in [5.74, 6) is -0.411. The molecule has 1 atom stereocenters. The summed E-state index contributed by atoms with van der Waals surface area (Å²) in [7, 11) is -3.82. The van der Waals surface area contributed by atoms with E-state index < -0.39 is 22.0 Å². The lowest BCUT2D eigenvalue weighted by Crippen LogP contribution is -2.41. The van der Waals surface area contributed by atoms with Gasteiger partial charge in [-0.15, -0.1) is 0 Å². The van der Waals surface area contributed by atoms with Gasteiger partial charge in [-0.3, -0.25) is 4.79 Å². The van der Waals surface area contributed by atoms with E-state index in [1.807, 2.05) is 56.3 Å². The third kappa shape index (κ3) is 4.35. The zero-order chi connectivity index (χ0) is 19.6. The number of amides is 1. The molecule has 1 amide bonds. The summed E-state index contributed by atoms with van der Waals surface area (Å²) in [5, 5.41) is 4.56. The number of nitrogens with one attached hydrogen (secondary N) is 2. The first-order valence-electron chi connectivity index (χ1n) is 8.65. The van der Waals surface area contributed by atoms with Crippen molar-refractivity contribution in [1.29, 1.82) is 0 Å². The molecule has 0 heterocycles. The van der Waals surface area contributed by atoms with E-state index in [4.69, 9.17) is 0 Å². The van der Waals surface area contributed by atoms with Crippen LogP contribution in [0.15, 0.2) is 65.6 Å². The van der Waals surface area contributed by atoms with Crippen LogP contribution in [0.4, 0.5) is 5.69 Å². The Labute approximate surface area is 159 Å². The van der Waals surface area contributed by atoms with Gasteiger partial charge in [0.05, 0.1) is 10.9 Å². The molecule has 27 heavy (non-hydrogen) atoms. The normalized spacial score (nSPS) is 12.7. The van der Waals surface area contributed by atoms with Crippen LogP contribution in [0.3, 0.4) is 0 Å². The first-order valence-corrected chi connectivity index (χ1v) is 10.1. The monoisotopic (exact) mass is 382 g/mol. The van der Waals surface area contributed by atoms with E-state index in [2.05, 4.69) is 10.0 Å². The summed E-state index contributed by atoms with van der Waals surface area (Å²) in [5.41, 5.74) is 2.69. The summed E-state index contributed by atoms with van der Waals surface area (Å²) < 4.78 is 27.8. The van der Waals surface area contributed by atoms with Gasteiger partial charge in [-0.25, -0.2) is 8.42 Å². The lowest BCUT2D eigenvalue weighted by molar-refractivity contribution is -0.117. The minimum absolute atomic E-state index is 0.132. The van der Waals surface area contributed by atoms with Crippen LogP contribution in [0, 0.1) is 13.8 Å². The number of hydrogen-bond donors (Lipinski definition) is 2. The van der Waals surface area contributed by atoms with Crippen molar-refractivity contribution < 1.29 is 13.2 Å². The topological polar surface area (TPSA) is 75.3 Å². The molecule has 0 aliphatic carbocycles. The fraction of sp³-hybridized carbons (Fsp3) is 0.190. The highest BCUT2D eigenvalue weighted by molar-refractivity contribution is 7.89. The van der Waals surface area contributed by atoms with Crippen LogP contribution >= 0.6 is 0 Å². The molecule has 0 radical (unpaired) electrons. The Kier molecular flexibility index (Phi) is 5.30. The van der Waals surface area contributed by atoms with E-state index in [9.17, 15) is 13.2 Å². The van der Waals surface area contributed by atoms with Crippen LogP contribution in [0.2, 0.25) is 0 Å². The molecule has 140 valence electrons. The molecule has 6 heteroatoms. The maximum atomic E-state index is 12.7. The maximum absolute atomic E-state index is 12.7. The zero-order valence-corrected chi connectivity index (χ0v) is 16.3. The van der Waals surface area contributed by atoms with Gasteiger partial charge in [-0.1, -0.05) is 48.0 Å². The van der Waals surface area contributed by atoms with Crippen molar-refractivity contribution in [3.05, 3.63) is 71.8 Å². The van der Waals surface area contributed by atoms with Gasteiger partial charge in [0.15, 0.2) is 0 Å². The number of carbonyl (C=O) groups is 1. The number of anilines is 1. The van der Waals surface area contributed by atoms with E-state index in [-0.39, 0.29) is 4.90 Å². The van der Waals surface area contributed by atoms with Gasteiger partial charge in [0.1, 0.15) is 0 Å². The zero-order valence-electron chi connectivity index (χ0n) is 15.5. The first-order chi connectivity index (χ1) is 12.8. The summed E-state index contributed by atoms with van der Waals surface area (Å²) in [4.78, 5) is 12.6. The molecular formula is C21H22N2O3S. The van der Waals surface area contributed by atoms with Gasteiger partial charge in [-0.05, 0) is 55.3 Å². The number of rotatable bonds is 5. The van der Waals surface area contributed by atoms with Gasteiger partial charge in [0.2, 0.25) is 15.9 Å². The molecular weight excluding hydrogens is 360 g/mol. The van der Waals surface area contributed by atoms with E-state index in [0.717, 1.165) is 21.9 Å². The Morgan fingerprint density at radius 1 is 0.926 bits per heavy atom. The van der Waals surface area contributed by atoms with Gasteiger partial charge < -0.3 is 5.32 Å². The Balaban J connectivity index is 1.76. The molecule has 3 aromatic rings. The lowest BCUT2D eigenvalue weighted by atomic mass is 10.1. The Hall–Kier alpha value is -2.70. The van der Waals surface area contributed by atoms with Gasteiger partial charge in [-0.2, -0.15) is 4.72 Å². The molecule has 0 aromatic heterocycles. The van der Waals surface area contributed by atoms with E-state index in [1.165, 1.54) is 6.92 Å². The van der Waals surface area contributed by atoms with Crippen LogP contribution in [-0.4, -0.2) is 20.4 Å². The smallest absolute Gasteiger partial charge is 0.242 e. The second-order valence-corrected chi connectivity index (χ2v) is 8.37. The van der Waals surface area contributed by atoms with Crippen LogP contribution in [0.5, 0.6) is 0 Å². The standard InChI is InChI=1S/C21H22N2O3S/c1-14-8-11-20(15(2)12-14)22-21(24)16(3)23-27(25,26)19-10-9-17-6-4-5-7-18(17)13-19/h4-13,16,23H,1-3H3,(H,22,24)/t16-/m0/s1. The Bertz CT molecular complexity index is 1110. The molecule has 2 N–H and O–H groups in total. The van der Waals surface area contributed by atoms with Crippen molar-refractivity contribution >= 4 is 32.4 Å². The lowest BCUT2D eigenvalue weighted by Gasteiger charge is -2.16. The van der Waals surface area contributed by atoms with Gasteiger partial charge >= 0.3 is 0 Å². The summed E-state index contributed by atoms with van der Waals surface area (Å²) in [6.45, 7) is 5.39. The number of fused-ring (bicyclic) bond motifs is 1. The molecule has 0 unspecified atom stereocenters. The third-order valence-electron chi connectivity index (χ3n) is 4.40. The minimum Gasteiger partial charge on any atom is -0.324 e. The maximum Gasteiger partial charge on any atom is 0.242 e. The molecule has 0 spiro atoms. The van der Waals surface area contributed by atoms with Gasteiger partial charge in [0, 0.05) is 5.69 Å². The Morgan fingerprint density at radius 2 is 1.63 bits per heavy atom. The Morgan fingerprint density at radius 3 is 2.33 bits per heavy atom. The molecule has 3 aromatic carbocycles. The first kappa shape index (κ1) is 19.1. The predicted molar refractivity (Wildman–Crippen MR) is 108 cm³/mol. The highest BCUT2D eigenvalue weighted by atomic mass is 32.2. The summed E-state index contributed by atoms with van der Waals surface area (Å²) in [6.07, 6.45) is 0. The van der Waals surface area contributed by atoms with Crippen molar-refractivity contribution in [1.82, 2.24) is 4.72 Å². The molecule has 0 aliphatic rings. The quantitative estimate of drug-likeness (QED) is 0.705. The van der Waals surface area contributed by atoms with Crippen LogP contribution in [0.25, 0.3) is 10.8 Å². The predicted octanol–water partition coefficient (Wildman–Crippen LogP) is 3.76. The fourth-order valence-corrected chi connectivity index (χ4v) is 4.12. The molecule has 0 fully saturated rings. The number of carbonyl (C=O) groups excluding carboxylic acids is 1. The van der Waals surface area contributed by atoms with Gasteiger partial charge in [0.25, 0.3) is 0 Å². The van der Waals surface area contributed by atoms with E-state index >= 15 is 0 Å². The van der Waals surface area contributed by atoms with Crippen molar-refractivity contribution in [2.24, 2.45) is 0 Å². The molecule has 3 rings (SSSR count). The fourth-order valence-electron chi connectivity index (χ4n) is 2.88. The van der Waals surface area contributed by atoms with Crippen LogP contribution < -0.4 is 10.0 Å². The van der Waals surface area contributed by atoms with Crippen molar-refractivity contribution in [3.63, 3.8) is 0 Å². The molecule has 0 saturated carbocycles. The van der Waals surface area contributed by atoms with Crippen LogP contribution in [-0.2, 0) is 14.8 Å². The highest BCUT2D eigenvalue weighted by Gasteiger charge is 2.22. The molecule has 5 nitrogen and oxygen atoms in total. The van der Waals surface area contributed by atoms with Crippen molar-refractivity contribution in [2.45, 2.75) is 31.7 Å². The van der Waals surface area contributed by atoms with E-state index in [0.29, 0.717) is 5.69 Å². The molecule has 0 aliphatic heterocycles. The van der Waals surface area contributed by atoms with Crippen molar-refractivity contribution in [3.8, 4) is 0 Å². The second-order valence-electron chi connectivity index (χ2n) is 6.66. The minimum atomic E-state index is -3.82. The van der Waals surface area contributed by atoms with Crippen LogP contribution in [0.1, 0.15) is 18.1 Å². The average Bonchev–Trinajstić information content (AvgIpc) is 2.63. The summed E-state index contributed by atoms with van der Waals surface area (Å²) >= 11 is 0. The molecule has 0 saturated heterocycles. The number of aryl methyl sites for hydroxylation is 2. The third-order valence-corrected chi connectivity index (χ3v) is 5.93.